The summed E-state index contributed by atoms with van der Waals surface area (Å²) in [6.45, 7) is 7.62. The van der Waals surface area contributed by atoms with E-state index in [1.165, 1.54) is 0 Å². The summed E-state index contributed by atoms with van der Waals surface area (Å²) < 4.78 is 0. The van der Waals surface area contributed by atoms with Gasteiger partial charge >= 0.3 is 19.8 Å². The predicted octanol–water partition coefficient (Wildman–Crippen LogP) is 7.14. The van der Waals surface area contributed by atoms with Crippen LogP contribution in [0.25, 0.3) is 4.85 Å². The van der Waals surface area contributed by atoms with Gasteiger partial charge in [-0.05, 0) is 48.5 Å². The Morgan fingerprint density at radius 3 is 1.61 bits per heavy atom. The Bertz CT molecular complexity index is 1920. The van der Waals surface area contributed by atoms with Gasteiger partial charge in [0.1, 0.15) is 0 Å². The van der Waals surface area contributed by atoms with Crippen LogP contribution in [0.15, 0.2) is 115 Å². The molecular weight excluding hydrogens is 719 g/mol. The molecule has 0 fully saturated rings. The SMILES string of the molecule is [C-]#[N+]c1cc[c-]c(C2c3cccc(n3)C(c3[c-]ccc(C#N)c3)c3cccc(n3)C(c3ccccn3)c3cccc2n3)c1.[Os+2]. The minimum Gasteiger partial charge on any atom is -0.265 e. The monoisotopic (exact) mass is 742 g/mol. The zero-order valence-electron chi connectivity index (χ0n) is 23.2. The average molecular weight is 741 g/mol. The van der Waals surface area contributed by atoms with Crippen LogP contribution in [0.5, 0.6) is 0 Å². The van der Waals surface area contributed by atoms with E-state index >= 15 is 0 Å². The fourth-order valence-corrected chi connectivity index (χ4v) is 5.74. The maximum Gasteiger partial charge on any atom is 2.00 e. The third-order valence-electron chi connectivity index (χ3n) is 7.65. The van der Waals surface area contributed by atoms with Gasteiger partial charge in [-0.15, -0.1) is 11.6 Å². The molecule has 1 aliphatic heterocycles. The first-order valence-corrected chi connectivity index (χ1v) is 13.8. The van der Waals surface area contributed by atoms with E-state index in [1.807, 2.05) is 84.9 Å². The van der Waals surface area contributed by atoms with Crippen molar-refractivity contribution in [3.8, 4) is 6.07 Å². The molecule has 0 saturated heterocycles. The summed E-state index contributed by atoms with van der Waals surface area (Å²) in [5, 5.41) is 9.69. The second-order valence-corrected chi connectivity index (χ2v) is 10.3. The Hall–Kier alpha value is -5.34. The predicted molar refractivity (Wildman–Crippen MR) is 161 cm³/mol. The second kappa shape index (κ2) is 12.5. The molecule has 0 spiro atoms. The first-order valence-electron chi connectivity index (χ1n) is 13.8. The third kappa shape index (κ3) is 5.43. The van der Waals surface area contributed by atoms with E-state index < -0.39 is 0 Å². The number of rotatable bonds is 3. The Morgan fingerprint density at radius 2 is 1.11 bits per heavy atom. The molecule has 3 atom stereocenters. The minimum atomic E-state index is -0.387. The molecule has 0 N–H and O–H groups in total. The van der Waals surface area contributed by atoms with Crippen LogP contribution in [0.4, 0.5) is 5.69 Å². The molecule has 6 aromatic rings. The van der Waals surface area contributed by atoms with E-state index in [4.69, 9.17) is 26.5 Å². The summed E-state index contributed by atoms with van der Waals surface area (Å²) >= 11 is 0. The number of nitriles is 1. The van der Waals surface area contributed by atoms with E-state index in [1.54, 1.807) is 30.5 Å². The molecule has 6 bridgehead atoms. The smallest absolute Gasteiger partial charge is 0.265 e. The molecule has 1 aliphatic rings. The quantitative estimate of drug-likeness (QED) is 0.180. The van der Waals surface area contributed by atoms with Gasteiger partial charge in [-0.25, -0.2) is 0 Å². The zero-order chi connectivity index (χ0) is 29.2. The first kappa shape index (κ1) is 28.8. The largest absolute Gasteiger partial charge is 2.00 e. The molecule has 0 radical (unpaired) electrons. The Balaban J connectivity index is 0.00000343. The van der Waals surface area contributed by atoms with Crippen molar-refractivity contribution in [1.29, 1.82) is 5.26 Å². The summed E-state index contributed by atoms with van der Waals surface area (Å²) in [7, 11) is 0. The molecule has 5 heterocycles. The molecule has 208 valence electrons. The summed E-state index contributed by atoms with van der Waals surface area (Å²) in [4.78, 5) is 24.1. The van der Waals surface area contributed by atoms with Gasteiger partial charge in [-0.3, -0.25) is 24.8 Å². The molecule has 0 saturated carbocycles. The summed E-state index contributed by atoms with van der Waals surface area (Å²) in [6.07, 6.45) is 1.78. The first-order chi connectivity index (χ1) is 21.2. The summed E-state index contributed by atoms with van der Waals surface area (Å²) in [5.74, 6) is -1.10. The van der Waals surface area contributed by atoms with Crippen LogP contribution in [0.2, 0.25) is 0 Å². The molecule has 4 aromatic heterocycles. The molecule has 2 aromatic carbocycles. The molecule has 0 amide bonds. The average Bonchev–Trinajstić information content (AvgIpc) is 3.06. The Morgan fingerprint density at radius 1 is 0.614 bits per heavy atom. The number of benzene rings is 2. The summed E-state index contributed by atoms with van der Waals surface area (Å²) in [6, 6.07) is 43.6. The van der Waals surface area contributed by atoms with Crippen LogP contribution in [-0.4, -0.2) is 19.9 Å². The molecule has 7 rings (SSSR count). The molecule has 44 heavy (non-hydrogen) atoms. The van der Waals surface area contributed by atoms with Gasteiger partial charge in [0.2, 0.25) is 0 Å². The number of nitrogens with zero attached hydrogens (tertiary/aromatic N) is 6. The van der Waals surface area contributed by atoms with Crippen LogP contribution < -0.4 is 0 Å². The van der Waals surface area contributed by atoms with Gasteiger partial charge in [0.25, 0.3) is 0 Å². The van der Waals surface area contributed by atoms with Crippen molar-refractivity contribution in [2.45, 2.75) is 17.8 Å². The van der Waals surface area contributed by atoms with Crippen LogP contribution in [0.3, 0.4) is 0 Å². The number of fused-ring (bicyclic) bond motifs is 6. The maximum atomic E-state index is 9.69. The van der Waals surface area contributed by atoms with Crippen molar-refractivity contribution in [1.82, 2.24) is 19.9 Å². The van der Waals surface area contributed by atoms with Crippen molar-refractivity contribution in [2.24, 2.45) is 0 Å². The summed E-state index contributed by atoms with van der Waals surface area (Å²) in [5.41, 5.74) is 8.22. The normalized spacial score (nSPS) is 16.6. The van der Waals surface area contributed by atoms with Crippen LogP contribution in [-0.2, 0) is 19.8 Å². The Labute approximate surface area is 269 Å². The Kier molecular flexibility index (Phi) is 8.16. The fraction of sp³-hybridized carbons (Fsp3) is 0.0811. The van der Waals surface area contributed by atoms with Crippen molar-refractivity contribution >= 4 is 5.69 Å². The standard InChI is InChI=1S/C37H22N6.Os/c1-39-27-12-5-11-26(22-27)36-31-15-6-14-29(41-31)35(25-10-4-9-24(21-25)23-38)30-16-7-18-33(42-30)37(28-13-2-3-20-40-28)34-19-8-17-32(36)43-34;/h2-9,12-22,35-37H;/q-2;+2. The number of aromatic nitrogens is 4. The van der Waals surface area contributed by atoms with Crippen LogP contribution >= 0.6 is 0 Å². The number of hydrogen-bond donors (Lipinski definition) is 0. The van der Waals surface area contributed by atoms with E-state index in [0.29, 0.717) is 11.3 Å². The zero-order valence-corrected chi connectivity index (χ0v) is 25.8. The van der Waals surface area contributed by atoms with Crippen molar-refractivity contribution in [2.75, 3.05) is 0 Å². The second-order valence-electron chi connectivity index (χ2n) is 10.3. The van der Waals surface area contributed by atoms with Gasteiger partial charge in [-0.1, -0.05) is 29.8 Å². The van der Waals surface area contributed by atoms with Crippen LogP contribution in [0.1, 0.15) is 74.3 Å². The fourth-order valence-electron chi connectivity index (χ4n) is 5.74. The molecular formula is C37H22N6Os. The van der Waals surface area contributed by atoms with Gasteiger partial charge in [0.05, 0.1) is 64.1 Å². The minimum absolute atomic E-state index is 0. The molecule has 7 heteroatoms. The van der Waals surface area contributed by atoms with E-state index in [2.05, 4.69) is 23.0 Å². The van der Waals surface area contributed by atoms with Gasteiger partial charge in [0, 0.05) is 18.0 Å². The molecule has 0 aliphatic carbocycles. The van der Waals surface area contributed by atoms with E-state index in [-0.39, 0.29) is 37.5 Å². The van der Waals surface area contributed by atoms with Gasteiger partial charge < -0.3 is 0 Å². The van der Waals surface area contributed by atoms with Crippen molar-refractivity contribution in [3.05, 3.63) is 195 Å². The molecule has 6 nitrogen and oxygen atoms in total. The van der Waals surface area contributed by atoms with Gasteiger partial charge in [0.15, 0.2) is 0 Å². The topological polar surface area (TPSA) is 79.7 Å². The van der Waals surface area contributed by atoms with Crippen molar-refractivity contribution < 1.29 is 19.8 Å². The number of pyridine rings is 4. The maximum absolute atomic E-state index is 9.69. The van der Waals surface area contributed by atoms with E-state index in [9.17, 15) is 5.26 Å². The molecule has 3 unspecified atom stereocenters. The van der Waals surface area contributed by atoms with Crippen LogP contribution in [0, 0.1) is 30.0 Å². The third-order valence-corrected chi connectivity index (χ3v) is 7.65. The number of hydrogen-bond acceptors (Lipinski definition) is 5. The van der Waals surface area contributed by atoms with Crippen molar-refractivity contribution in [3.63, 3.8) is 0 Å². The van der Waals surface area contributed by atoms with Gasteiger partial charge in [-0.2, -0.15) is 53.3 Å². The van der Waals surface area contributed by atoms with E-state index in [0.717, 1.165) is 51.0 Å².